The molecule has 134 valence electrons. The summed E-state index contributed by atoms with van der Waals surface area (Å²) in [5.41, 5.74) is 1.10. The van der Waals surface area contributed by atoms with E-state index in [1.165, 1.54) is 7.11 Å². The highest BCUT2D eigenvalue weighted by atomic mass is 35.5. The largest absolute Gasteiger partial charge is 0.479 e. The van der Waals surface area contributed by atoms with Gasteiger partial charge in [-0.2, -0.15) is 0 Å². The lowest BCUT2D eigenvalue weighted by molar-refractivity contribution is -0.147. The maximum absolute atomic E-state index is 12.5. The van der Waals surface area contributed by atoms with Crippen LogP contribution < -0.4 is 9.47 Å². The Morgan fingerprint density at radius 2 is 1.92 bits per heavy atom. The molecule has 0 saturated carbocycles. The molecule has 3 rings (SSSR count). The number of carbonyl (C=O) groups excluding carboxylic acids is 2. The summed E-state index contributed by atoms with van der Waals surface area (Å²) in [6, 6.07) is 9.76. The standard InChI is InChI=1S/C19H14Cl2O5/c1-10(19(23)24-2)25-12-4-5-13-16(9-12)26-17(18(13)22)8-11-3-6-14(20)15(21)7-11/h3-10H,1-2H3/t10-/m1/s1. The van der Waals surface area contributed by atoms with Gasteiger partial charge >= 0.3 is 5.97 Å². The van der Waals surface area contributed by atoms with Gasteiger partial charge in [0.2, 0.25) is 5.78 Å². The second-order valence-corrected chi connectivity index (χ2v) is 6.37. The number of benzene rings is 2. The van der Waals surface area contributed by atoms with Gasteiger partial charge < -0.3 is 14.2 Å². The van der Waals surface area contributed by atoms with Gasteiger partial charge in [-0.25, -0.2) is 4.79 Å². The normalized spacial score (nSPS) is 15.4. The fourth-order valence-corrected chi connectivity index (χ4v) is 2.72. The van der Waals surface area contributed by atoms with Crippen molar-refractivity contribution in [2.24, 2.45) is 0 Å². The van der Waals surface area contributed by atoms with Crippen LogP contribution in [0.3, 0.4) is 0 Å². The molecule has 1 aliphatic heterocycles. The molecule has 1 heterocycles. The Bertz CT molecular complexity index is 920. The molecular formula is C19H14Cl2O5. The molecule has 1 atom stereocenters. The predicted molar refractivity (Wildman–Crippen MR) is 97.9 cm³/mol. The van der Waals surface area contributed by atoms with Crippen molar-refractivity contribution in [1.82, 2.24) is 0 Å². The first-order valence-electron chi connectivity index (χ1n) is 7.67. The first-order chi connectivity index (χ1) is 12.4. The molecule has 7 heteroatoms. The van der Waals surface area contributed by atoms with Crippen molar-refractivity contribution in [2.45, 2.75) is 13.0 Å². The average molecular weight is 393 g/mol. The smallest absolute Gasteiger partial charge is 0.346 e. The summed E-state index contributed by atoms with van der Waals surface area (Å²) in [4.78, 5) is 23.9. The van der Waals surface area contributed by atoms with Crippen LogP contribution in [0.1, 0.15) is 22.8 Å². The second kappa shape index (κ2) is 7.40. The first kappa shape index (κ1) is 18.3. The van der Waals surface area contributed by atoms with E-state index in [-0.39, 0.29) is 11.5 Å². The summed E-state index contributed by atoms with van der Waals surface area (Å²) in [5.74, 6) is 0.166. The van der Waals surface area contributed by atoms with Gasteiger partial charge in [-0.15, -0.1) is 0 Å². The number of ketones is 1. The van der Waals surface area contributed by atoms with E-state index in [0.717, 1.165) is 0 Å². The van der Waals surface area contributed by atoms with E-state index >= 15 is 0 Å². The molecule has 1 aliphatic rings. The molecule has 0 radical (unpaired) electrons. The van der Waals surface area contributed by atoms with Gasteiger partial charge in [-0.05, 0) is 42.8 Å². The lowest BCUT2D eigenvalue weighted by Crippen LogP contribution is -2.24. The number of hydrogen-bond donors (Lipinski definition) is 0. The Morgan fingerprint density at radius 1 is 1.15 bits per heavy atom. The van der Waals surface area contributed by atoms with E-state index in [2.05, 4.69) is 4.74 Å². The maximum atomic E-state index is 12.5. The average Bonchev–Trinajstić information content (AvgIpc) is 2.92. The van der Waals surface area contributed by atoms with Crippen molar-refractivity contribution >= 4 is 41.0 Å². The molecule has 0 aliphatic carbocycles. The second-order valence-electron chi connectivity index (χ2n) is 5.55. The summed E-state index contributed by atoms with van der Waals surface area (Å²) in [6.45, 7) is 1.57. The molecule has 0 spiro atoms. The van der Waals surface area contributed by atoms with E-state index in [1.54, 1.807) is 49.4 Å². The topological polar surface area (TPSA) is 61.8 Å². The molecular weight excluding hydrogens is 379 g/mol. The minimum absolute atomic E-state index is 0.163. The Morgan fingerprint density at radius 3 is 2.62 bits per heavy atom. The number of esters is 1. The quantitative estimate of drug-likeness (QED) is 0.564. The molecule has 0 aromatic heterocycles. The molecule has 2 aromatic carbocycles. The van der Waals surface area contributed by atoms with Crippen LogP contribution in [0, 0.1) is 0 Å². The summed E-state index contributed by atoms with van der Waals surface area (Å²) in [7, 11) is 1.28. The summed E-state index contributed by atoms with van der Waals surface area (Å²) < 4.78 is 15.8. The zero-order valence-corrected chi connectivity index (χ0v) is 15.4. The lowest BCUT2D eigenvalue weighted by Gasteiger charge is -2.12. The molecule has 0 N–H and O–H groups in total. The summed E-state index contributed by atoms with van der Waals surface area (Å²) in [6.07, 6.45) is 0.809. The molecule has 26 heavy (non-hydrogen) atoms. The monoisotopic (exact) mass is 392 g/mol. The van der Waals surface area contributed by atoms with Crippen LogP contribution in [0.2, 0.25) is 10.0 Å². The van der Waals surface area contributed by atoms with Crippen LogP contribution in [0.25, 0.3) is 6.08 Å². The summed E-state index contributed by atoms with van der Waals surface area (Å²) >= 11 is 11.9. The van der Waals surface area contributed by atoms with Crippen LogP contribution in [0.4, 0.5) is 0 Å². The van der Waals surface area contributed by atoms with Crippen molar-refractivity contribution in [3.8, 4) is 11.5 Å². The zero-order valence-electron chi connectivity index (χ0n) is 13.9. The highest BCUT2D eigenvalue weighted by Gasteiger charge is 2.28. The molecule has 0 amide bonds. The van der Waals surface area contributed by atoms with Gasteiger partial charge in [0, 0.05) is 6.07 Å². The third-order valence-corrected chi connectivity index (χ3v) is 4.47. The minimum atomic E-state index is -0.777. The maximum Gasteiger partial charge on any atom is 0.346 e. The number of Topliss-reactive ketones (excluding diaryl/α,β-unsaturated/α-hetero) is 1. The number of fused-ring (bicyclic) bond motifs is 1. The lowest BCUT2D eigenvalue weighted by atomic mass is 10.1. The van der Waals surface area contributed by atoms with E-state index in [4.69, 9.17) is 32.7 Å². The molecule has 2 aromatic rings. The Kier molecular flexibility index (Phi) is 5.20. The predicted octanol–water partition coefficient (Wildman–Crippen LogP) is 4.55. The Balaban J connectivity index is 1.83. The number of methoxy groups -OCH3 is 1. The number of allylic oxidation sites excluding steroid dienone is 1. The van der Waals surface area contributed by atoms with E-state index in [1.807, 2.05) is 0 Å². The number of hydrogen-bond acceptors (Lipinski definition) is 5. The highest BCUT2D eigenvalue weighted by molar-refractivity contribution is 6.42. The number of carbonyl (C=O) groups is 2. The van der Waals surface area contributed by atoms with Gasteiger partial charge in [0.25, 0.3) is 0 Å². The Labute approximate surface area is 160 Å². The van der Waals surface area contributed by atoms with E-state index in [0.29, 0.717) is 32.7 Å². The van der Waals surface area contributed by atoms with Crippen molar-refractivity contribution in [1.29, 1.82) is 0 Å². The van der Waals surface area contributed by atoms with Crippen molar-refractivity contribution in [3.05, 3.63) is 63.3 Å². The van der Waals surface area contributed by atoms with Crippen molar-refractivity contribution in [3.63, 3.8) is 0 Å². The fraction of sp³-hybridized carbons (Fsp3) is 0.158. The molecule has 5 nitrogen and oxygen atoms in total. The van der Waals surface area contributed by atoms with E-state index in [9.17, 15) is 9.59 Å². The van der Waals surface area contributed by atoms with Crippen LogP contribution in [0.5, 0.6) is 11.5 Å². The van der Waals surface area contributed by atoms with Crippen molar-refractivity contribution < 1.29 is 23.8 Å². The third kappa shape index (κ3) is 3.69. The van der Waals surface area contributed by atoms with Gasteiger partial charge in [-0.1, -0.05) is 29.3 Å². The first-order valence-corrected chi connectivity index (χ1v) is 8.42. The van der Waals surface area contributed by atoms with Gasteiger partial charge in [-0.3, -0.25) is 4.79 Å². The molecule has 0 unspecified atom stereocenters. The molecule has 0 fully saturated rings. The van der Waals surface area contributed by atoms with Gasteiger partial charge in [0.05, 0.1) is 22.7 Å². The van der Waals surface area contributed by atoms with Crippen LogP contribution in [-0.2, 0) is 9.53 Å². The third-order valence-electron chi connectivity index (χ3n) is 3.73. The zero-order chi connectivity index (χ0) is 18.8. The van der Waals surface area contributed by atoms with Gasteiger partial charge in [0.1, 0.15) is 11.5 Å². The number of rotatable bonds is 4. The highest BCUT2D eigenvalue weighted by Crippen LogP contribution is 2.35. The molecule has 0 saturated heterocycles. The van der Waals surface area contributed by atoms with Crippen LogP contribution >= 0.6 is 23.2 Å². The summed E-state index contributed by atoms with van der Waals surface area (Å²) in [5, 5.41) is 0.814. The number of halogens is 2. The molecule has 0 bridgehead atoms. The number of ether oxygens (including phenoxy) is 3. The fourth-order valence-electron chi connectivity index (χ4n) is 2.41. The SMILES string of the molecule is COC(=O)[C@@H](C)Oc1ccc2c(c1)OC(=Cc1ccc(Cl)c(Cl)c1)C2=O. The minimum Gasteiger partial charge on any atom is -0.479 e. The Hall–Kier alpha value is -2.50. The van der Waals surface area contributed by atoms with Crippen molar-refractivity contribution in [2.75, 3.05) is 7.11 Å². The van der Waals surface area contributed by atoms with Crippen LogP contribution in [-0.4, -0.2) is 25.0 Å². The van der Waals surface area contributed by atoms with Gasteiger partial charge in [0.15, 0.2) is 11.9 Å². The van der Waals surface area contributed by atoms with E-state index < -0.39 is 12.1 Å². The van der Waals surface area contributed by atoms with Crippen LogP contribution in [0.15, 0.2) is 42.2 Å².